The fraction of sp³-hybridized carbons (Fsp3) is 0.292. The summed E-state index contributed by atoms with van der Waals surface area (Å²) in [7, 11) is 0. The molecule has 1 unspecified atom stereocenters. The Labute approximate surface area is 189 Å². The Morgan fingerprint density at radius 2 is 2.12 bits per heavy atom. The van der Waals surface area contributed by atoms with Crippen LogP contribution in [0.3, 0.4) is 0 Å². The molecule has 9 heteroatoms. The summed E-state index contributed by atoms with van der Waals surface area (Å²) in [6.45, 7) is 1.91. The molecule has 0 bridgehead atoms. The van der Waals surface area contributed by atoms with Crippen LogP contribution >= 0.6 is 0 Å². The van der Waals surface area contributed by atoms with Crippen molar-refractivity contribution in [2.45, 2.75) is 25.5 Å². The van der Waals surface area contributed by atoms with Crippen molar-refractivity contribution >= 4 is 16.9 Å². The molecule has 1 saturated heterocycles. The minimum absolute atomic E-state index is 0.0598. The summed E-state index contributed by atoms with van der Waals surface area (Å²) in [5.41, 5.74) is 2.66. The predicted molar refractivity (Wildman–Crippen MR) is 118 cm³/mol. The number of nitrogens with one attached hydrogen (secondary N) is 1. The number of carbonyl (C=O) groups excluding carboxylic acids is 1. The van der Waals surface area contributed by atoms with Crippen LogP contribution in [0.25, 0.3) is 22.5 Å². The average Bonchev–Trinajstić information content (AvgIpc) is 3.64. The number of carbonyl (C=O) groups is 1. The topological polar surface area (TPSA) is 101 Å². The number of hydrogen-bond acceptors (Lipinski definition) is 7. The van der Waals surface area contributed by atoms with E-state index in [4.69, 9.17) is 23.6 Å². The minimum atomic E-state index is -0.187. The predicted octanol–water partition coefficient (Wildman–Crippen LogP) is 3.38. The molecule has 1 N–H and O–H groups in total. The lowest BCUT2D eigenvalue weighted by molar-refractivity contribution is 0.0859. The largest absolute Gasteiger partial charge is 0.463 e. The van der Waals surface area contributed by atoms with Crippen molar-refractivity contribution < 1.29 is 23.4 Å². The van der Waals surface area contributed by atoms with E-state index in [9.17, 15) is 4.79 Å². The van der Waals surface area contributed by atoms with Crippen molar-refractivity contribution in [2.75, 3.05) is 19.9 Å². The highest BCUT2D eigenvalue weighted by atomic mass is 16.7. The SMILES string of the molecule is O=C(NCC1CCCO1)c1cc(-c2ccco2)nc2c1cnn2Cc1ccc2c(c1)OCO2. The van der Waals surface area contributed by atoms with Crippen LogP contribution in [0.2, 0.25) is 0 Å². The van der Waals surface area contributed by atoms with Gasteiger partial charge in [-0.2, -0.15) is 5.10 Å². The molecule has 6 rings (SSSR count). The van der Waals surface area contributed by atoms with Crippen LogP contribution < -0.4 is 14.8 Å². The second kappa shape index (κ2) is 8.25. The van der Waals surface area contributed by atoms with E-state index in [2.05, 4.69) is 10.4 Å². The molecule has 4 aromatic rings. The van der Waals surface area contributed by atoms with Gasteiger partial charge in [0.25, 0.3) is 5.91 Å². The van der Waals surface area contributed by atoms with Gasteiger partial charge in [-0.1, -0.05) is 6.07 Å². The molecule has 0 radical (unpaired) electrons. The lowest BCUT2D eigenvalue weighted by atomic mass is 10.1. The smallest absolute Gasteiger partial charge is 0.252 e. The van der Waals surface area contributed by atoms with E-state index < -0.39 is 0 Å². The van der Waals surface area contributed by atoms with Gasteiger partial charge < -0.3 is 23.9 Å². The first kappa shape index (κ1) is 19.8. The Bertz CT molecular complexity index is 1310. The molecule has 2 aliphatic rings. The van der Waals surface area contributed by atoms with Gasteiger partial charge in [0, 0.05) is 13.2 Å². The number of amides is 1. The van der Waals surface area contributed by atoms with Crippen LogP contribution in [0.15, 0.2) is 53.3 Å². The van der Waals surface area contributed by atoms with Gasteiger partial charge in [0.2, 0.25) is 6.79 Å². The normalized spacial score (nSPS) is 17.0. The second-order valence-electron chi connectivity index (χ2n) is 8.10. The van der Waals surface area contributed by atoms with Crippen LogP contribution in [0.1, 0.15) is 28.8 Å². The van der Waals surface area contributed by atoms with Gasteiger partial charge in [-0.25, -0.2) is 9.67 Å². The summed E-state index contributed by atoms with van der Waals surface area (Å²) < 4.78 is 23.9. The Hall–Kier alpha value is -3.85. The maximum atomic E-state index is 13.1. The number of fused-ring (bicyclic) bond motifs is 2. The number of furan rings is 1. The van der Waals surface area contributed by atoms with Gasteiger partial charge in [0.1, 0.15) is 5.69 Å². The van der Waals surface area contributed by atoms with E-state index in [1.165, 1.54) is 0 Å². The minimum Gasteiger partial charge on any atom is -0.463 e. The molecular weight excluding hydrogens is 424 g/mol. The highest BCUT2D eigenvalue weighted by Crippen LogP contribution is 2.33. The summed E-state index contributed by atoms with van der Waals surface area (Å²) in [4.78, 5) is 17.9. The third kappa shape index (κ3) is 3.80. The molecule has 0 aliphatic carbocycles. The molecule has 1 atom stereocenters. The third-order valence-electron chi connectivity index (χ3n) is 5.91. The number of benzene rings is 1. The lowest BCUT2D eigenvalue weighted by Gasteiger charge is -2.12. The first-order chi connectivity index (χ1) is 16.2. The molecule has 9 nitrogen and oxygen atoms in total. The number of aromatic nitrogens is 3. The third-order valence-corrected chi connectivity index (χ3v) is 5.91. The van der Waals surface area contributed by atoms with Crippen LogP contribution in [0.5, 0.6) is 11.5 Å². The Morgan fingerprint density at radius 1 is 1.18 bits per heavy atom. The van der Waals surface area contributed by atoms with Gasteiger partial charge in [0.15, 0.2) is 22.9 Å². The second-order valence-corrected chi connectivity index (χ2v) is 8.10. The number of pyridine rings is 1. The van der Waals surface area contributed by atoms with Crippen molar-refractivity contribution in [3.8, 4) is 23.0 Å². The molecule has 0 spiro atoms. The van der Waals surface area contributed by atoms with Gasteiger partial charge in [-0.05, 0) is 48.7 Å². The van der Waals surface area contributed by atoms with Crippen molar-refractivity contribution in [3.63, 3.8) is 0 Å². The summed E-state index contributed by atoms with van der Waals surface area (Å²) in [5, 5.41) is 8.21. The van der Waals surface area contributed by atoms with Crippen LogP contribution in [0, 0.1) is 0 Å². The van der Waals surface area contributed by atoms with Crippen LogP contribution in [0.4, 0.5) is 0 Å². The van der Waals surface area contributed by atoms with Crippen molar-refractivity contribution in [1.82, 2.24) is 20.1 Å². The van der Waals surface area contributed by atoms with Gasteiger partial charge in [-0.15, -0.1) is 0 Å². The molecule has 168 valence electrons. The quantitative estimate of drug-likeness (QED) is 0.485. The fourth-order valence-electron chi connectivity index (χ4n) is 4.22. The monoisotopic (exact) mass is 446 g/mol. The number of hydrogen-bond donors (Lipinski definition) is 1. The van der Waals surface area contributed by atoms with E-state index in [0.717, 1.165) is 30.8 Å². The number of ether oxygens (including phenoxy) is 3. The van der Waals surface area contributed by atoms with Gasteiger partial charge >= 0.3 is 0 Å². The zero-order valence-electron chi connectivity index (χ0n) is 17.8. The Kier molecular flexibility index (Phi) is 4.95. The van der Waals surface area contributed by atoms with Crippen LogP contribution in [-0.2, 0) is 11.3 Å². The van der Waals surface area contributed by atoms with Gasteiger partial charge in [-0.3, -0.25) is 4.79 Å². The number of nitrogens with zero attached hydrogens (tertiary/aromatic N) is 3. The summed E-state index contributed by atoms with van der Waals surface area (Å²) >= 11 is 0. The fourth-order valence-corrected chi connectivity index (χ4v) is 4.22. The molecule has 1 aromatic carbocycles. The number of rotatable bonds is 6. The molecule has 1 fully saturated rings. The molecule has 2 aliphatic heterocycles. The molecule has 1 amide bonds. The summed E-state index contributed by atoms with van der Waals surface area (Å²) in [6, 6.07) is 11.1. The average molecular weight is 446 g/mol. The van der Waals surface area contributed by atoms with Crippen molar-refractivity contribution in [3.05, 3.63) is 60.0 Å². The Morgan fingerprint density at radius 3 is 2.97 bits per heavy atom. The van der Waals surface area contributed by atoms with Crippen molar-refractivity contribution in [1.29, 1.82) is 0 Å². The van der Waals surface area contributed by atoms with E-state index in [-0.39, 0.29) is 18.8 Å². The molecule has 0 saturated carbocycles. The van der Waals surface area contributed by atoms with Crippen molar-refractivity contribution in [2.24, 2.45) is 0 Å². The molecule has 33 heavy (non-hydrogen) atoms. The highest BCUT2D eigenvalue weighted by molar-refractivity contribution is 6.06. The molecule has 3 aromatic heterocycles. The lowest BCUT2D eigenvalue weighted by Crippen LogP contribution is -2.31. The van der Waals surface area contributed by atoms with E-state index in [1.54, 1.807) is 29.3 Å². The van der Waals surface area contributed by atoms with E-state index in [1.807, 2.05) is 24.3 Å². The molecular formula is C24H22N4O5. The van der Waals surface area contributed by atoms with Crippen LogP contribution in [-0.4, -0.2) is 46.7 Å². The van der Waals surface area contributed by atoms with E-state index >= 15 is 0 Å². The first-order valence-corrected chi connectivity index (χ1v) is 10.9. The maximum absolute atomic E-state index is 13.1. The highest BCUT2D eigenvalue weighted by Gasteiger charge is 2.21. The summed E-state index contributed by atoms with van der Waals surface area (Å²) in [6.07, 6.45) is 5.31. The first-order valence-electron chi connectivity index (χ1n) is 10.9. The van der Waals surface area contributed by atoms with E-state index in [0.29, 0.717) is 46.9 Å². The Balaban J connectivity index is 1.36. The molecule has 5 heterocycles. The zero-order valence-corrected chi connectivity index (χ0v) is 17.8. The zero-order chi connectivity index (χ0) is 22.2. The maximum Gasteiger partial charge on any atom is 0.252 e. The standard InChI is InChI=1S/C24H22N4O5/c29-24(25-11-16-3-1-7-30-16)17-10-19(20-4-2-8-31-20)27-23-18(17)12-26-28(23)13-15-5-6-21-22(9-15)33-14-32-21/h2,4-6,8-10,12,16H,1,3,7,11,13-14H2,(H,25,29). The van der Waals surface area contributed by atoms with Gasteiger partial charge in [0.05, 0.1) is 36.1 Å². The summed E-state index contributed by atoms with van der Waals surface area (Å²) in [5.74, 6) is 1.84.